The molecule has 0 aliphatic heterocycles. The molecule has 0 N–H and O–H groups in total. The number of carbonyl (C=O) groups excluding carboxylic acids is 4. The van der Waals surface area contributed by atoms with Gasteiger partial charge in [-0.25, -0.2) is 0 Å². The third-order valence-corrected chi connectivity index (χ3v) is 12.7. The topological polar surface area (TPSA) is 96.0 Å². The van der Waals surface area contributed by atoms with Gasteiger partial charge in [-0.3, -0.25) is 19.2 Å². The molecule has 8 heteroatoms. The molecule has 2 rings (SSSR count). The highest BCUT2D eigenvalue weighted by Crippen LogP contribution is 2.54. The van der Waals surface area contributed by atoms with Crippen LogP contribution < -0.4 is 0 Å². The van der Waals surface area contributed by atoms with Crippen LogP contribution in [0.3, 0.4) is 0 Å². The van der Waals surface area contributed by atoms with Crippen molar-refractivity contribution in [3.05, 3.63) is 25.3 Å². The average Bonchev–Trinajstić information content (AvgIpc) is 2.82. The molecule has 0 aromatic rings. The molecule has 2 aliphatic rings. The third kappa shape index (κ3) is 4.84. The van der Waals surface area contributed by atoms with Crippen LogP contribution in [0.4, 0.5) is 0 Å². The van der Waals surface area contributed by atoms with E-state index in [1.165, 1.54) is 14.2 Å². The van der Waals surface area contributed by atoms with Gasteiger partial charge in [0.2, 0.25) is 0 Å². The van der Waals surface area contributed by atoms with Gasteiger partial charge in [0.1, 0.15) is 5.78 Å². The fourth-order valence-electron chi connectivity index (χ4n) is 5.35. The monoisotopic (exact) mass is 492 g/mol. The van der Waals surface area contributed by atoms with Crippen LogP contribution in [-0.4, -0.2) is 52.1 Å². The van der Waals surface area contributed by atoms with Crippen LogP contribution in [0, 0.1) is 29.1 Å². The minimum absolute atomic E-state index is 0.00771. The lowest BCUT2D eigenvalue weighted by Gasteiger charge is -2.43. The van der Waals surface area contributed by atoms with Crippen molar-refractivity contribution in [1.29, 1.82) is 0 Å². The lowest BCUT2D eigenvalue weighted by Crippen LogP contribution is -2.52. The van der Waals surface area contributed by atoms with Crippen molar-refractivity contribution in [3.8, 4) is 0 Å². The molecule has 0 amide bonds. The van der Waals surface area contributed by atoms with E-state index in [0.29, 0.717) is 6.42 Å². The zero-order chi connectivity index (χ0) is 26.1. The van der Waals surface area contributed by atoms with Crippen LogP contribution in [0.15, 0.2) is 25.3 Å². The first-order valence-corrected chi connectivity index (χ1v) is 14.8. The van der Waals surface area contributed by atoms with Crippen molar-refractivity contribution in [1.82, 2.24) is 0 Å². The summed E-state index contributed by atoms with van der Waals surface area (Å²) in [5.41, 5.74) is -1.40. The molecule has 0 heterocycles. The van der Waals surface area contributed by atoms with Crippen LogP contribution in [-0.2, 0) is 33.1 Å². The van der Waals surface area contributed by atoms with Gasteiger partial charge in [0.15, 0.2) is 14.1 Å². The highest BCUT2D eigenvalue weighted by atomic mass is 28.4. The van der Waals surface area contributed by atoms with Crippen molar-refractivity contribution >= 4 is 31.8 Å². The van der Waals surface area contributed by atoms with E-state index in [1.807, 2.05) is 13.1 Å². The van der Waals surface area contributed by atoms with Gasteiger partial charge < -0.3 is 13.9 Å². The highest BCUT2D eigenvalue weighted by molar-refractivity contribution is 6.74. The number of carbonyl (C=O) groups is 4. The van der Waals surface area contributed by atoms with Gasteiger partial charge in [0.05, 0.1) is 37.6 Å². The molecule has 6 atom stereocenters. The molecule has 7 nitrogen and oxygen atoms in total. The second-order valence-electron chi connectivity index (χ2n) is 11.1. The van der Waals surface area contributed by atoms with Crippen molar-refractivity contribution in [2.75, 3.05) is 14.2 Å². The number of allylic oxidation sites excluding steroid dienone is 2. The summed E-state index contributed by atoms with van der Waals surface area (Å²) in [6.45, 7) is 17.8. The number of hydrogen-bond donors (Lipinski definition) is 0. The maximum absolute atomic E-state index is 14.1. The number of Topliss-reactive ketones (excluding diaryl/α,β-unsaturated/α-hetero) is 2. The molecule has 2 aliphatic carbocycles. The summed E-state index contributed by atoms with van der Waals surface area (Å²) in [5.74, 6) is -5.39. The molecular formula is C26H40O7Si. The summed E-state index contributed by atoms with van der Waals surface area (Å²) in [7, 11) is 0.00385. The number of rotatable bonds is 8. The molecule has 0 aromatic carbocycles. The van der Waals surface area contributed by atoms with E-state index in [1.54, 1.807) is 12.2 Å². The minimum Gasteiger partial charge on any atom is -0.469 e. The molecule has 0 unspecified atom stereocenters. The smallest absolute Gasteiger partial charge is 0.312 e. The Morgan fingerprint density at radius 3 is 2.09 bits per heavy atom. The summed E-state index contributed by atoms with van der Waals surface area (Å²) in [6, 6.07) is 0. The molecule has 2 bridgehead atoms. The predicted molar refractivity (Wildman–Crippen MR) is 131 cm³/mol. The van der Waals surface area contributed by atoms with Crippen molar-refractivity contribution in [2.45, 2.75) is 70.7 Å². The first-order chi connectivity index (χ1) is 15.7. The highest BCUT2D eigenvalue weighted by Gasteiger charge is 2.64. The average molecular weight is 493 g/mol. The standard InChI is InChI=1S/C26H40O7Si/c1-10-12-16-14-18(27)26(13-11-2)15-17(33-34(8,9)25(3,4)5)20(23(29)31-6)21(24(30)32-7)19(16)22(26)28/h10-11,16-17,19-21H,1-2,12-15H2,3-9H3/t16-,17+,19-,20+,21+,26-/m1/s1. The summed E-state index contributed by atoms with van der Waals surface area (Å²) < 4.78 is 17.0. The predicted octanol–water partition coefficient (Wildman–Crippen LogP) is 4.27. The Balaban J connectivity index is 2.85. The molecule has 2 saturated carbocycles. The van der Waals surface area contributed by atoms with Gasteiger partial charge in [0, 0.05) is 12.3 Å². The zero-order valence-electron chi connectivity index (χ0n) is 21.6. The molecule has 0 aromatic heterocycles. The van der Waals surface area contributed by atoms with Crippen LogP contribution in [0.2, 0.25) is 18.1 Å². The van der Waals surface area contributed by atoms with E-state index < -0.39 is 55.4 Å². The van der Waals surface area contributed by atoms with Gasteiger partial charge in [-0.05, 0) is 43.3 Å². The second kappa shape index (κ2) is 10.3. The van der Waals surface area contributed by atoms with Gasteiger partial charge in [-0.2, -0.15) is 0 Å². The number of ether oxygens (including phenoxy) is 2. The van der Waals surface area contributed by atoms with Gasteiger partial charge in [-0.15, -0.1) is 13.2 Å². The Morgan fingerprint density at radius 2 is 1.62 bits per heavy atom. The first-order valence-electron chi connectivity index (χ1n) is 11.8. The van der Waals surface area contributed by atoms with Crippen LogP contribution in [0.1, 0.15) is 46.5 Å². The fourth-order valence-corrected chi connectivity index (χ4v) is 6.69. The Hall–Kier alpha value is -2.06. The number of fused-ring (bicyclic) bond motifs is 2. The SMILES string of the molecule is C=CC[C@@H]1CC(=O)[C@@]2(CC=C)C[C@H](O[Si](C)(C)C(C)(C)C)[C@H](C(=O)OC)[C@@H](C(=O)OC)[C@@H]1C2=O. The Bertz CT molecular complexity index is 856. The number of hydrogen-bond acceptors (Lipinski definition) is 7. The van der Waals surface area contributed by atoms with Crippen LogP contribution in [0.5, 0.6) is 0 Å². The van der Waals surface area contributed by atoms with E-state index in [-0.39, 0.29) is 35.9 Å². The van der Waals surface area contributed by atoms with Gasteiger partial charge in [0.25, 0.3) is 0 Å². The van der Waals surface area contributed by atoms with E-state index in [0.717, 1.165) is 0 Å². The maximum Gasteiger partial charge on any atom is 0.312 e. The summed E-state index contributed by atoms with van der Waals surface area (Å²) in [6.07, 6.45) is 2.95. The molecule has 0 saturated heterocycles. The van der Waals surface area contributed by atoms with Crippen molar-refractivity contribution in [2.24, 2.45) is 29.1 Å². The summed E-state index contributed by atoms with van der Waals surface area (Å²) in [5, 5.41) is -0.208. The Morgan fingerprint density at radius 1 is 1.06 bits per heavy atom. The maximum atomic E-state index is 14.1. The minimum atomic E-state index is -2.49. The van der Waals surface area contributed by atoms with Gasteiger partial charge >= 0.3 is 11.9 Å². The third-order valence-electron chi connectivity index (χ3n) is 8.15. The summed E-state index contributed by atoms with van der Waals surface area (Å²) >= 11 is 0. The molecule has 0 radical (unpaired) electrons. The van der Waals surface area contributed by atoms with E-state index in [2.05, 4.69) is 33.9 Å². The molecule has 2 fully saturated rings. The van der Waals surface area contributed by atoms with E-state index >= 15 is 0 Å². The number of esters is 2. The molecular weight excluding hydrogens is 452 g/mol. The lowest BCUT2D eigenvalue weighted by molar-refractivity contribution is -0.167. The van der Waals surface area contributed by atoms with Crippen LogP contribution >= 0.6 is 0 Å². The van der Waals surface area contributed by atoms with Crippen molar-refractivity contribution in [3.63, 3.8) is 0 Å². The van der Waals surface area contributed by atoms with Gasteiger partial charge in [-0.1, -0.05) is 32.9 Å². The molecule has 0 spiro atoms. The Kier molecular flexibility index (Phi) is 8.52. The summed E-state index contributed by atoms with van der Waals surface area (Å²) in [4.78, 5) is 54.2. The largest absolute Gasteiger partial charge is 0.469 e. The lowest BCUT2D eigenvalue weighted by atomic mass is 9.58. The second-order valence-corrected chi connectivity index (χ2v) is 15.9. The van der Waals surface area contributed by atoms with E-state index in [4.69, 9.17) is 13.9 Å². The fraction of sp³-hybridized carbons (Fsp3) is 0.692. The molecule has 190 valence electrons. The zero-order valence-corrected chi connectivity index (χ0v) is 22.6. The van der Waals surface area contributed by atoms with Crippen LogP contribution in [0.25, 0.3) is 0 Å². The van der Waals surface area contributed by atoms with E-state index in [9.17, 15) is 19.2 Å². The molecule has 34 heavy (non-hydrogen) atoms. The normalized spacial score (nSPS) is 31.9. The quantitative estimate of drug-likeness (QED) is 0.216. The number of methoxy groups -OCH3 is 2. The number of ketones is 2. The Labute approximate surface area is 204 Å². The first kappa shape index (κ1) is 28.2. The van der Waals surface area contributed by atoms with Crippen molar-refractivity contribution < 1.29 is 33.1 Å².